The molecule has 4 heteroatoms. The summed E-state index contributed by atoms with van der Waals surface area (Å²) in [4.78, 5) is 16.8. The third-order valence-corrected chi connectivity index (χ3v) is 6.89. The second-order valence-electron chi connectivity index (χ2n) is 6.90. The summed E-state index contributed by atoms with van der Waals surface area (Å²) in [5.74, 6) is 0.986. The van der Waals surface area contributed by atoms with Crippen molar-refractivity contribution in [2.75, 3.05) is 7.11 Å². The fraction of sp³-hybridized carbons (Fsp3) is 0.882. The summed E-state index contributed by atoms with van der Waals surface area (Å²) in [6.45, 7) is 0. The van der Waals surface area contributed by atoms with Crippen LogP contribution in [0.5, 0.6) is 0 Å². The SMILES string of the molecule is COC1CCCC2(C1)SC(CCC1CCCCC1)=NC2=O. The van der Waals surface area contributed by atoms with Gasteiger partial charge in [0.2, 0.25) is 0 Å². The van der Waals surface area contributed by atoms with E-state index in [9.17, 15) is 4.79 Å². The molecule has 2 aliphatic carbocycles. The van der Waals surface area contributed by atoms with Crippen molar-refractivity contribution in [2.45, 2.75) is 81.5 Å². The van der Waals surface area contributed by atoms with Gasteiger partial charge in [-0.15, -0.1) is 0 Å². The van der Waals surface area contributed by atoms with E-state index in [2.05, 4.69) is 4.99 Å². The number of methoxy groups -OCH3 is 1. The maximum absolute atomic E-state index is 12.4. The molecule has 0 N–H and O–H groups in total. The minimum atomic E-state index is -0.277. The summed E-state index contributed by atoms with van der Waals surface area (Å²) in [7, 11) is 1.76. The van der Waals surface area contributed by atoms with E-state index in [0.717, 1.165) is 43.1 Å². The molecule has 0 saturated heterocycles. The lowest BCUT2D eigenvalue weighted by molar-refractivity contribution is -0.121. The smallest absolute Gasteiger partial charge is 0.263 e. The fourth-order valence-corrected chi connectivity index (χ4v) is 5.54. The van der Waals surface area contributed by atoms with Gasteiger partial charge in [0.25, 0.3) is 5.91 Å². The average Bonchev–Trinajstić information content (AvgIpc) is 2.82. The Balaban J connectivity index is 1.54. The number of nitrogens with zero attached hydrogens (tertiary/aromatic N) is 1. The molecular weight excluding hydrogens is 282 g/mol. The van der Waals surface area contributed by atoms with Gasteiger partial charge in [0.05, 0.1) is 11.1 Å². The molecule has 0 bridgehead atoms. The quantitative estimate of drug-likeness (QED) is 0.775. The highest BCUT2D eigenvalue weighted by atomic mass is 32.2. The molecule has 2 saturated carbocycles. The Morgan fingerprint density at radius 3 is 2.81 bits per heavy atom. The van der Waals surface area contributed by atoms with Crippen molar-refractivity contribution in [1.82, 2.24) is 0 Å². The third kappa shape index (κ3) is 3.53. The Hall–Kier alpha value is -0.350. The largest absolute Gasteiger partial charge is 0.381 e. The zero-order chi connectivity index (χ0) is 14.7. The predicted octanol–water partition coefficient (Wildman–Crippen LogP) is 4.35. The second-order valence-corrected chi connectivity index (χ2v) is 8.36. The van der Waals surface area contributed by atoms with Gasteiger partial charge in [0.1, 0.15) is 4.75 Å². The van der Waals surface area contributed by atoms with Crippen LogP contribution in [0, 0.1) is 5.92 Å². The van der Waals surface area contributed by atoms with Crippen LogP contribution in [0.3, 0.4) is 0 Å². The fourth-order valence-electron chi connectivity index (χ4n) is 4.09. The maximum atomic E-state index is 12.4. The zero-order valence-electron chi connectivity index (χ0n) is 13.1. The van der Waals surface area contributed by atoms with Gasteiger partial charge < -0.3 is 4.74 Å². The summed E-state index contributed by atoms with van der Waals surface area (Å²) < 4.78 is 5.22. The van der Waals surface area contributed by atoms with Crippen LogP contribution in [0.1, 0.15) is 70.6 Å². The molecule has 2 atom stereocenters. The highest BCUT2D eigenvalue weighted by Crippen LogP contribution is 2.47. The number of carbonyl (C=O) groups is 1. The first-order chi connectivity index (χ1) is 10.2. The van der Waals surface area contributed by atoms with E-state index >= 15 is 0 Å². The van der Waals surface area contributed by atoms with Crippen LogP contribution in [-0.4, -0.2) is 28.9 Å². The normalized spacial score (nSPS) is 34.4. The lowest BCUT2D eigenvalue weighted by atomic mass is 9.85. The van der Waals surface area contributed by atoms with Crippen LogP contribution in [0.2, 0.25) is 0 Å². The summed E-state index contributed by atoms with van der Waals surface area (Å²) >= 11 is 1.77. The second kappa shape index (κ2) is 6.82. The third-order valence-electron chi connectivity index (χ3n) is 5.42. The molecule has 3 nitrogen and oxygen atoms in total. The number of amides is 1. The molecule has 0 radical (unpaired) electrons. The van der Waals surface area contributed by atoms with Gasteiger partial charge >= 0.3 is 0 Å². The molecule has 1 heterocycles. The summed E-state index contributed by atoms with van der Waals surface area (Å²) in [5, 5.41) is 1.10. The number of aliphatic imine (C=N–C) groups is 1. The average molecular weight is 309 g/mol. The van der Waals surface area contributed by atoms with Crippen molar-refractivity contribution in [1.29, 1.82) is 0 Å². The molecule has 0 aromatic carbocycles. The zero-order valence-corrected chi connectivity index (χ0v) is 13.9. The topological polar surface area (TPSA) is 38.7 Å². The standard InChI is InChI=1S/C17H27NO2S/c1-20-14-8-5-11-17(12-14)16(19)18-15(21-17)10-9-13-6-3-2-4-7-13/h13-14H,2-12H2,1H3. The van der Waals surface area contributed by atoms with Gasteiger partial charge in [-0.2, -0.15) is 0 Å². The van der Waals surface area contributed by atoms with Crippen LogP contribution in [0.15, 0.2) is 4.99 Å². The van der Waals surface area contributed by atoms with Crippen molar-refractivity contribution in [3.8, 4) is 0 Å². The van der Waals surface area contributed by atoms with Crippen LogP contribution in [0.25, 0.3) is 0 Å². The molecule has 1 spiro atoms. The number of rotatable bonds is 4. The molecule has 1 amide bonds. The molecule has 0 aromatic heterocycles. The van der Waals surface area contributed by atoms with E-state index in [4.69, 9.17) is 4.74 Å². The monoisotopic (exact) mass is 309 g/mol. The first kappa shape index (κ1) is 15.5. The predicted molar refractivity (Wildman–Crippen MR) is 87.8 cm³/mol. The van der Waals surface area contributed by atoms with E-state index in [1.165, 1.54) is 38.5 Å². The molecule has 2 unspecified atom stereocenters. The van der Waals surface area contributed by atoms with Crippen molar-refractivity contribution in [2.24, 2.45) is 10.9 Å². The van der Waals surface area contributed by atoms with Gasteiger partial charge in [-0.25, -0.2) is 4.99 Å². The Morgan fingerprint density at radius 2 is 2.05 bits per heavy atom. The van der Waals surface area contributed by atoms with Gasteiger partial charge in [-0.3, -0.25) is 4.79 Å². The Labute approximate surface area is 132 Å². The Bertz CT molecular complexity index is 417. The van der Waals surface area contributed by atoms with Gasteiger partial charge in [-0.05, 0) is 44.4 Å². The minimum absolute atomic E-state index is 0.118. The molecule has 0 aromatic rings. The highest BCUT2D eigenvalue weighted by Gasteiger charge is 2.48. The molecule has 3 rings (SSSR count). The number of thioether (sulfide) groups is 1. The number of hydrogen-bond donors (Lipinski definition) is 0. The number of ether oxygens (including phenoxy) is 1. The minimum Gasteiger partial charge on any atom is -0.381 e. The van der Waals surface area contributed by atoms with Crippen LogP contribution < -0.4 is 0 Å². The molecule has 1 aliphatic heterocycles. The van der Waals surface area contributed by atoms with Gasteiger partial charge in [0.15, 0.2) is 0 Å². The van der Waals surface area contributed by atoms with Gasteiger partial charge in [0, 0.05) is 7.11 Å². The van der Waals surface area contributed by atoms with Crippen LogP contribution in [0.4, 0.5) is 0 Å². The van der Waals surface area contributed by atoms with E-state index in [0.29, 0.717) is 0 Å². The van der Waals surface area contributed by atoms with E-state index in [-0.39, 0.29) is 16.8 Å². The Morgan fingerprint density at radius 1 is 1.24 bits per heavy atom. The molecule has 118 valence electrons. The first-order valence-electron chi connectivity index (χ1n) is 8.56. The Kier molecular flexibility index (Phi) is 5.05. The summed E-state index contributed by atoms with van der Waals surface area (Å²) in [6.07, 6.45) is 13.4. The van der Waals surface area contributed by atoms with E-state index < -0.39 is 0 Å². The molecule has 2 fully saturated rings. The van der Waals surface area contributed by atoms with Crippen molar-refractivity contribution in [3.05, 3.63) is 0 Å². The van der Waals surface area contributed by atoms with Crippen LogP contribution in [-0.2, 0) is 9.53 Å². The number of carbonyl (C=O) groups excluding carboxylic acids is 1. The number of hydrogen-bond acceptors (Lipinski definition) is 3. The lowest BCUT2D eigenvalue weighted by Crippen LogP contribution is -2.39. The summed E-state index contributed by atoms with van der Waals surface area (Å²) in [5.41, 5.74) is 0. The van der Waals surface area contributed by atoms with E-state index in [1.54, 1.807) is 18.9 Å². The van der Waals surface area contributed by atoms with Gasteiger partial charge in [-0.1, -0.05) is 43.9 Å². The maximum Gasteiger partial charge on any atom is 0.263 e. The van der Waals surface area contributed by atoms with Crippen molar-refractivity contribution >= 4 is 22.7 Å². The first-order valence-corrected chi connectivity index (χ1v) is 9.37. The molecular formula is C17H27NO2S. The van der Waals surface area contributed by atoms with Crippen molar-refractivity contribution in [3.63, 3.8) is 0 Å². The summed E-state index contributed by atoms with van der Waals surface area (Å²) in [6, 6.07) is 0. The molecule has 21 heavy (non-hydrogen) atoms. The lowest BCUT2D eigenvalue weighted by Gasteiger charge is -2.34. The van der Waals surface area contributed by atoms with Crippen molar-refractivity contribution < 1.29 is 9.53 Å². The van der Waals surface area contributed by atoms with E-state index in [1.807, 2.05) is 0 Å². The molecule has 3 aliphatic rings. The van der Waals surface area contributed by atoms with Crippen LogP contribution >= 0.6 is 11.8 Å². The highest BCUT2D eigenvalue weighted by molar-refractivity contribution is 8.16.